The summed E-state index contributed by atoms with van der Waals surface area (Å²) in [5, 5.41) is -0.408. The number of hydrogen-bond donors (Lipinski definition) is 0. The predicted molar refractivity (Wildman–Crippen MR) is 265 cm³/mol. The summed E-state index contributed by atoms with van der Waals surface area (Å²) in [5.74, 6) is -4.49. The van der Waals surface area contributed by atoms with Crippen molar-refractivity contribution in [3.8, 4) is 0 Å². The van der Waals surface area contributed by atoms with Crippen molar-refractivity contribution in [3.63, 3.8) is 0 Å². The predicted octanol–water partition coefficient (Wildman–Crippen LogP) is 7.04. The van der Waals surface area contributed by atoms with Crippen LogP contribution in [0.5, 0.6) is 0 Å². The van der Waals surface area contributed by atoms with Gasteiger partial charge in [-0.3, -0.25) is 38.6 Å². The fourth-order valence-electron chi connectivity index (χ4n) is 9.33. The lowest BCUT2D eigenvalue weighted by atomic mass is 9.92. The SMILES string of the molecule is C=CCO[C@@H]1O[C@H](COCc2ccccc2)[C@@H](O[C@@H]2O[C@H](COCc3ccccc3)[C@@H](O[Si](C)(C)C(C)(C)C)[C@H](OC(C)=O)[C@H]2N2C(=O)c3ccccc3C2=O)[C@H](OC(C)=O)[C@H]1N1C(=O)c2ccccc2C1=O. The van der Waals surface area contributed by atoms with Crippen LogP contribution >= 0.6 is 0 Å². The molecule has 0 N–H and O–H groups in total. The fraction of sp³-hybridized carbons (Fsp3) is 0.418. The normalized spacial score (nSPS) is 26.1. The van der Waals surface area contributed by atoms with Crippen molar-refractivity contribution in [2.75, 3.05) is 19.8 Å². The van der Waals surface area contributed by atoms with Crippen LogP contribution in [-0.2, 0) is 65.1 Å². The van der Waals surface area contributed by atoms with E-state index in [1.807, 2.05) is 94.5 Å². The molecule has 0 aromatic heterocycles. The summed E-state index contributed by atoms with van der Waals surface area (Å²) >= 11 is 0. The lowest BCUT2D eigenvalue weighted by Crippen LogP contribution is -2.72. The maximum absolute atomic E-state index is 14.8. The molecule has 4 amide bonds. The molecule has 4 aromatic rings. The highest BCUT2D eigenvalue weighted by atomic mass is 28.4. The van der Waals surface area contributed by atoms with Gasteiger partial charge in [0.05, 0.1) is 55.3 Å². The Labute approximate surface area is 425 Å². The van der Waals surface area contributed by atoms with Gasteiger partial charge in [0.15, 0.2) is 33.1 Å². The molecule has 0 bridgehead atoms. The molecule has 2 fully saturated rings. The largest absolute Gasteiger partial charge is 0.457 e. The number of esters is 2. The first-order valence-corrected chi connectivity index (χ1v) is 27.2. The topological polar surface area (TPSA) is 192 Å². The van der Waals surface area contributed by atoms with Gasteiger partial charge in [0.25, 0.3) is 23.6 Å². The van der Waals surface area contributed by atoms with E-state index in [4.69, 9.17) is 42.3 Å². The molecule has 0 radical (unpaired) electrons. The second-order valence-electron chi connectivity index (χ2n) is 19.8. The number of hydrogen-bond acceptors (Lipinski definition) is 15. The number of amides is 4. The van der Waals surface area contributed by atoms with Crippen LogP contribution in [0.4, 0.5) is 0 Å². The quantitative estimate of drug-likeness (QED) is 0.0402. The van der Waals surface area contributed by atoms with Gasteiger partial charge in [0.1, 0.15) is 36.5 Å². The van der Waals surface area contributed by atoms with Crippen LogP contribution in [0, 0.1) is 0 Å². The Kier molecular flexibility index (Phi) is 16.4. The molecule has 4 aromatic carbocycles. The summed E-state index contributed by atoms with van der Waals surface area (Å²) in [4.78, 5) is 87.5. The van der Waals surface area contributed by atoms with Gasteiger partial charge in [-0.1, -0.05) is 112 Å². The highest BCUT2D eigenvalue weighted by molar-refractivity contribution is 6.74. The van der Waals surface area contributed by atoms with E-state index in [0.29, 0.717) is 0 Å². The van der Waals surface area contributed by atoms with E-state index in [0.717, 1.165) is 27.9 Å². The van der Waals surface area contributed by atoms with Gasteiger partial charge >= 0.3 is 11.9 Å². The number of benzene rings is 4. The number of ether oxygens (including phenoxy) is 8. The maximum atomic E-state index is 14.8. The van der Waals surface area contributed by atoms with Crippen LogP contribution in [0.15, 0.2) is 122 Å². The molecule has 386 valence electrons. The summed E-state index contributed by atoms with van der Waals surface area (Å²) in [6, 6.07) is 28.1. The Morgan fingerprint density at radius 3 is 1.38 bits per heavy atom. The van der Waals surface area contributed by atoms with Gasteiger partial charge in [-0.25, -0.2) is 0 Å². The molecule has 73 heavy (non-hydrogen) atoms. The Morgan fingerprint density at radius 1 is 0.589 bits per heavy atom. The summed E-state index contributed by atoms with van der Waals surface area (Å²) in [6.45, 7) is 15.9. The third-order valence-electron chi connectivity index (χ3n) is 13.8. The van der Waals surface area contributed by atoms with E-state index in [-0.39, 0.29) is 55.3 Å². The van der Waals surface area contributed by atoms with Crippen LogP contribution in [0.2, 0.25) is 18.1 Å². The number of fused-ring (bicyclic) bond motifs is 2. The van der Waals surface area contributed by atoms with Crippen LogP contribution < -0.4 is 0 Å². The lowest BCUT2D eigenvalue weighted by Gasteiger charge is -2.53. The number of carbonyl (C=O) groups excluding carboxylic acids is 6. The Bertz CT molecular complexity index is 2610. The first-order valence-electron chi connectivity index (χ1n) is 24.3. The summed E-state index contributed by atoms with van der Waals surface area (Å²) in [7, 11) is -2.87. The number of nitrogens with zero attached hydrogens (tertiary/aromatic N) is 2. The molecule has 17 nitrogen and oxygen atoms in total. The minimum Gasteiger partial charge on any atom is -0.457 e. The summed E-state index contributed by atoms with van der Waals surface area (Å²) in [6.07, 6.45) is -9.97. The average molecular weight is 1020 g/mol. The van der Waals surface area contributed by atoms with Crippen molar-refractivity contribution in [1.29, 1.82) is 0 Å². The van der Waals surface area contributed by atoms with Crippen molar-refractivity contribution >= 4 is 43.9 Å². The molecular formula is C55H62N2O15Si. The smallest absolute Gasteiger partial charge is 0.303 e. The van der Waals surface area contributed by atoms with Crippen molar-refractivity contribution < 1.29 is 71.1 Å². The van der Waals surface area contributed by atoms with Gasteiger partial charge in [-0.05, 0) is 53.5 Å². The Balaban J connectivity index is 1.28. The Hall–Kier alpha value is -6.22. The minimum absolute atomic E-state index is 0.0851. The van der Waals surface area contributed by atoms with Crippen molar-refractivity contribution in [1.82, 2.24) is 9.80 Å². The zero-order valence-electron chi connectivity index (χ0n) is 42.0. The molecule has 4 aliphatic heterocycles. The lowest BCUT2D eigenvalue weighted by molar-refractivity contribution is -0.341. The van der Waals surface area contributed by atoms with Crippen molar-refractivity contribution in [2.24, 2.45) is 0 Å². The maximum Gasteiger partial charge on any atom is 0.303 e. The van der Waals surface area contributed by atoms with E-state index in [9.17, 15) is 28.8 Å². The number of imide groups is 2. The van der Waals surface area contributed by atoms with Crippen LogP contribution in [0.1, 0.15) is 87.2 Å². The van der Waals surface area contributed by atoms with Crippen LogP contribution in [0.25, 0.3) is 0 Å². The van der Waals surface area contributed by atoms with Gasteiger partial charge in [0.2, 0.25) is 0 Å². The molecule has 10 atom stereocenters. The van der Waals surface area contributed by atoms with Gasteiger partial charge < -0.3 is 42.3 Å². The molecule has 4 aliphatic rings. The van der Waals surface area contributed by atoms with E-state index >= 15 is 0 Å². The van der Waals surface area contributed by atoms with E-state index < -0.39 is 110 Å². The third-order valence-corrected chi connectivity index (χ3v) is 18.2. The number of rotatable bonds is 19. The van der Waals surface area contributed by atoms with Gasteiger partial charge in [0, 0.05) is 13.8 Å². The molecule has 0 saturated carbocycles. The van der Waals surface area contributed by atoms with Crippen LogP contribution in [0.3, 0.4) is 0 Å². The monoisotopic (exact) mass is 1020 g/mol. The second-order valence-corrected chi connectivity index (χ2v) is 24.6. The van der Waals surface area contributed by atoms with Gasteiger partial charge in [-0.15, -0.1) is 6.58 Å². The molecule has 8 rings (SSSR count). The second kappa shape index (κ2) is 22.5. The average Bonchev–Trinajstić information content (AvgIpc) is 3.75. The highest BCUT2D eigenvalue weighted by Crippen LogP contribution is 2.44. The summed E-state index contributed by atoms with van der Waals surface area (Å²) in [5.41, 5.74) is 2.02. The Morgan fingerprint density at radius 2 is 0.973 bits per heavy atom. The molecule has 0 spiro atoms. The van der Waals surface area contributed by atoms with Gasteiger partial charge in [-0.2, -0.15) is 0 Å². The molecule has 2 saturated heterocycles. The third kappa shape index (κ3) is 11.3. The van der Waals surface area contributed by atoms with E-state index in [1.165, 1.54) is 37.3 Å². The molecule has 0 aliphatic carbocycles. The number of carbonyl (C=O) groups is 6. The molecule has 0 unspecified atom stereocenters. The van der Waals surface area contributed by atoms with Crippen LogP contribution in [-0.4, -0.2) is 135 Å². The van der Waals surface area contributed by atoms with Crippen molar-refractivity contribution in [3.05, 3.63) is 155 Å². The fourth-order valence-corrected chi connectivity index (χ4v) is 10.6. The standard InChI is InChI=1S/C55H62N2O15Si/c1-9-28-66-53-43(56-49(60)37-24-16-17-25-38(37)50(56)61)47(67-33(2)58)45(41(69-53)31-64-29-35-20-12-10-13-21-35)71-54-44(57-51(62)39-26-18-19-27-40(39)52(57)63)48(68-34(3)59)46(72-73(7,8)55(4,5)6)42(70-54)32-65-30-36-22-14-11-15-23-36/h9-27,41-48,53-54H,1,28-32H2,2-8H3/t41-,42-,43-,44-,45-,46-,47-,48-,53-,54+/m1/s1. The first kappa shape index (κ1) is 53.1. The van der Waals surface area contributed by atoms with E-state index in [1.54, 1.807) is 24.3 Å². The zero-order chi connectivity index (χ0) is 52.2. The summed E-state index contributed by atoms with van der Waals surface area (Å²) < 4.78 is 59.4. The first-order chi connectivity index (χ1) is 34.9. The molecular weight excluding hydrogens is 957 g/mol. The van der Waals surface area contributed by atoms with Crippen molar-refractivity contribution in [2.45, 2.75) is 127 Å². The molecule has 18 heteroatoms. The van der Waals surface area contributed by atoms with E-state index in [2.05, 4.69) is 6.58 Å². The molecule has 4 heterocycles. The highest BCUT2D eigenvalue weighted by Gasteiger charge is 2.62. The zero-order valence-corrected chi connectivity index (χ0v) is 43.0. The minimum atomic E-state index is -2.87.